The molecule has 1 saturated carbocycles. The van der Waals surface area contributed by atoms with Gasteiger partial charge in [-0.2, -0.15) is 5.26 Å². The molecule has 2 nitrogen and oxygen atoms in total. The third-order valence-corrected chi connectivity index (χ3v) is 3.10. The molecule has 1 aliphatic carbocycles. The van der Waals surface area contributed by atoms with Crippen molar-refractivity contribution in [2.45, 2.75) is 44.6 Å². The predicted octanol–water partition coefficient (Wildman–Crippen LogP) is 3.66. The van der Waals surface area contributed by atoms with Crippen LogP contribution in [0.1, 0.15) is 44.1 Å². The summed E-state index contributed by atoms with van der Waals surface area (Å²) in [5.41, 5.74) is 0.645. The summed E-state index contributed by atoms with van der Waals surface area (Å²) in [5.74, 6) is 0.747. The van der Waals surface area contributed by atoms with Gasteiger partial charge in [0.05, 0.1) is 11.7 Å². The molecule has 0 N–H and O–H groups in total. The van der Waals surface area contributed by atoms with E-state index in [4.69, 9.17) is 10.00 Å². The van der Waals surface area contributed by atoms with Gasteiger partial charge in [0.2, 0.25) is 0 Å². The number of para-hydroxylation sites is 1. The number of hydrogen-bond acceptors (Lipinski definition) is 2. The fourth-order valence-corrected chi connectivity index (χ4v) is 2.20. The smallest absolute Gasteiger partial charge is 0.137 e. The largest absolute Gasteiger partial charge is 0.489 e. The van der Waals surface area contributed by atoms with E-state index in [1.165, 1.54) is 25.7 Å². The van der Waals surface area contributed by atoms with E-state index < -0.39 is 0 Å². The summed E-state index contributed by atoms with van der Waals surface area (Å²) in [4.78, 5) is 0. The Kier molecular flexibility index (Phi) is 3.82. The van der Waals surface area contributed by atoms with E-state index in [0.29, 0.717) is 11.7 Å². The first-order valence-corrected chi connectivity index (χ1v) is 6.06. The molecule has 0 heterocycles. The predicted molar refractivity (Wildman–Crippen MR) is 63.3 cm³/mol. The van der Waals surface area contributed by atoms with Crippen molar-refractivity contribution >= 4 is 0 Å². The van der Waals surface area contributed by atoms with Gasteiger partial charge in [-0.05, 0) is 37.8 Å². The molecule has 0 aliphatic heterocycles. The Morgan fingerprint density at radius 2 is 1.75 bits per heavy atom. The summed E-state index contributed by atoms with van der Waals surface area (Å²) in [6.07, 6.45) is 7.69. The van der Waals surface area contributed by atoms with Crippen LogP contribution in [0.15, 0.2) is 24.3 Å². The van der Waals surface area contributed by atoms with Crippen LogP contribution in [0.5, 0.6) is 5.75 Å². The van der Waals surface area contributed by atoms with E-state index in [9.17, 15) is 0 Å². The van der Waals surface area contributed by atoms with Crippen LogP contribution in [0.2, 0.25) is 0 Å². The Hall–Kier alpha value is -1.49. The Bertz CT molecular complexity index is 373. The van der Waals surface area contributed by atoms with Gasteiger partial charge < -0.3 is 4.74 Å². The molecule has 2 rings (SSSR count). The molecule has 0 atom stereocenters. The Morgan fingerprint density at radius 1 is 1.06 bits per heavy atom. The topological polar surface area (TPSA) is 33.0 Å². The summed E-state index contributed by atoms with van der Waals surface area (Å²) in [6.45, 7) is 0. The third-order valence-electron chi connectivity index (χ3n) is 3.10. The van der Waals surface area contributed by atoms with Gasteiger partial charge in [-0.25, -0.2) is 0 Å². The van der Waals surface area contributed by atoms with E-state index in [1.54, 1.807) is 0 Å². The average Bonchev–Trinajstić information content (AvgIpc) is 2.58. The first-order valence-electron chi connectivity index (χ1n) is 6.06. The van der Waals surface area contributed by atoms with Crippen LogP contribution >= 0.6 is 0 Å². The van der Waals surface area contributed by atoms with E-state index in [-0.39, 0.29) is 0 Å². The quantitative estimate of drug-likeness (QED) is 0.705. The number of nitrogens with zero attached hydrogens (tertiary/aromatic N) is 1. The van der Waals surface area contributed by atoms with Gasteiger partial charge in [0.25, 0.3) is 0 Å². The van der Waals surface area contributed by atoms with Gasteiger partial charge in [0, 0.05) is 0 Å². The zero-order valence-corrected chi connectivity index (χ0v) is 9.48. The van der Waals surface area contributed by atoms with Crippen molar-refractivity contribution in [3.8, 4) is 11.8 Å². The highest BCUT2D eigenvalue weighted by Crippen LogP contribution is 2.24. The normalized spacial score (nSPS) is 17.4. The van der Waals surface area contributed by atoms with Crippen molar-refractivity contribution in [3.05, 3.63) is 29.8 Å². The Balaban J connectivity index is 2.05. The number of benzene rings is 1. The zero-order valence-electron chi connectivity index (χ0n) is 9.48. The molecule has 84 valence electrons. The van der Waals surface area contributed by atoms with E-state index in [1.807, 2.05) is 24.3 Å². The van der Waals surface area contributed by atoms with Crippen molar-refractivity contribution in [1.82, 2.24) is 0 Å². The average molecular weight is 215 g/mol. The summed E-state index contributed by atoms with van der Waals surface area (Å²) >= 11 is 0. The fraction of sp³-hybridized carbons (Fsp3) is 0.500. The Labute approximate surface area is 96.9 Å². The molecule has 1 aliphatic rings. The van der Waals surface area contributed by atoms with Gasteiger partial charge >= 0.3 is 0 Å². The number of nitriles is 1. The van der Waals surface area contributed by atoms with Crippen LogP contribution in [-0.2, 0) is 0 Å². The lowest BCUT2D eigenvalue weighted by Crippen LogP contribution is -2.15. The molecule has 0 amide bonds. The molecule has 0 unspecified atom stereocenters. The first kappa shape index (κ1) is 11.0. The van der Waals surface area contributed by atoms with Crippen LogP contribution in [0.3, 0.4) is 0 Å². The number of ether oxygens (including phenoxy) is 1. The maximum atomic E-state index is 8.97. The molecule has 1 aromatic carbocycles. The lowest BCUT2D eigenvalue weighted by atomic mass is 10.1. The second-order valence-electron chi connectivity index (χ2n) is 4.34. The van der Waals surface area contributed by atoms with Gasteiger partial charge in [0.1, 0.15) is 11.8 Å². The van der Waals surface area contributed by atoms with Gasteiger partial charge in [0.15, 0.2) is 0 Å². The molecule has 0 saturated heterocycles. The maximum absolute atomic E-state index is 8.97. The van der Waals surface area contributed by atoms with Crippen LogP contribution in [0, 0.1) is 11.3 Å². The molecular weight excluding hydrogens is 198 g/mol. The highest BCUT2D eigenvalue weighted by Gasteiger charge is 2.14. The fourth-order valence-electron chi connectivity index (χ4n) is 2.20. The molecule has 16 heavy (non-hydrogen) atoms. The lowest BCUT2D eigenvalue weighted by Gasteiger charge is -2.17. The van der Waals surface area contributed by atoms with Crippen LogP contribution in [0.25, 0.3) is 0 Å². The molecule has 0 spiro atoms. The van der Waals surface area contributed by atoms with Crippen LogP contribution < -0.4 is 4.74 Å². The monoisotopic (exact) mass is 215 g/mol. The molecule has 1 fully saturated rings. The summed E-state index contributed by atoms with van der Waals surface area (Å²) in [7, 11) is 0. The van der Waals surface area contributed by atoms with Crippen molar-refractivity contribution in [3.63, 3.8) is 0 Å². The lowest BCUT2D eigenvalue weighted by molar-refractivity contribution is 0.183. The minimum atomic E-state index is 0.303. The van der Waals surface area contributed by atoms with Crippen LogP contribution in [0.4, 0.5) is 0 Å². The maximum Gasteiger partial charge on any atom is 0.137 e. The third kappa shape index (κ3) is 2.76. The molecular formula is C14H17NO. The molecule has 0 bridgehead atoms. The van der Waals surface area contributed by atoms with E-state index in [0.717, 1.165) is 18.6 Å². The standard InChI is InChI=1S/C14H17NO/c15-11-12-7-5-6-10-14(12)16-13-8-3-1-2-4-9-13/h5-7,10,13H,1-4,8-9H2. The van der Waals surface area contributed by atoms with Gasteiger partial charge in [-0.15, -0.1) is 0 Å². The second-order valence-corrected chi connectivity index (χ2v) is 4.34. The van der Waals surface area contributed by atoms with Crippen molar-refractivity contribution in [2.24, 2.45) is 0 Å². The molecule has 0 aromatic heterocycles. The molecule has 1 aromatic rings. The van der Waals surface area contributed by atoms with E-state index in [2.05, 4.69) is 6.07 Å². The van der Waals surface area contributed by atoms with Gasteiger partial charge in [-0.1, -0.05) is 25.0 Å². The minimum Gasteiger partial charge on any atom is -0.489 e. The Morgan fingerprint density at radius 3 is 2.44 bits per heavy atom. The second kappa shape index (κ2) is 5.55. The molecule has 2 heteroatoms. The highest BCUT2D eigenvalue weighted by atomic mass is 16.5. The SMILES string of the molecule is N#Cc1ccccc1OC1CCCCCC1. The highest BCUT2D eigenvalue weighted by molar-refractivity contribution is 5.42. The molecule has 0 radical (unpaired) electrons. The van der Waals surface area contributed by atoms with Crippen LogP contribution in [-0.4, -0.2) is 6.10 Å². The zero-order chi connectivity index (χ0) is 11.2. The van der Waals surface area contributed by atoms with Gasteiger partial charge in [-0.3, -0.25) is 0 Å². The van der Waals surface area contributed by atoms with Crippen molar-refractivity contribution in [2.75, 3.05) is 0 Å². The summed E-state index contributed by atoms with van der Waals surface area (Å²) in [6, 6.07) is 9.68. The number of hydrogen-bond donors (Lipinski definition) is 0. The van der Waals surface area contributed by atoms with Crippen molar-refractivity contribution in [1.29, 1.82) is 5.26 Å². The summed E-state index contributed by atoms with van der Waals surface area (Å²) < 4.78 is 5.93. The van der Waals surface area contributed by atoms with E-state index >= 15 is 0 Å². The van der Waals surface area contributed by atoms with Crippen molar-refractivity contribution < 1.29 is 4.74 Å². The summed E-state index contributed by atoms with van der Waals surface area (Å²) in [5, 5.41) is 8.97. The minimum absolute atomic E-state index is 0.303. The number of rotatable bonds is 2. The first-order chi connectivity index (χ1) is 7.90.